The number of nitrogens with one attached hydrogen (secondary N) is 1. The monoisotopic (exact) mass is 320 g/mol. The van der Waals surface area contributed by atoms with Crippen molar-refractivity contribution < 1.29 is 4.79 Å². The lowest BCUT2D eigenvalue weighted by Gasteiger charge is -2.30. The summed E-state index contributed by atoms with van der Waals surface area (Å²) in [5, 5.41) is 3.02. The summed E-state index contributed by atoms with van der Waals surface area (Å²) in [4.78, 5) is 15.8. The molecule has 1 amide bonds. The average Bonchev–Trinajstić information content (AvgIpc) is 2.54. The number of likely N-dealkylation sites (tertiary alicyclic amines) is 1. The Balaban J connectivity index is 1.60. The zero-order valence-corrected chi connectivity index (χ0v) is 14.6. The maximum absolute atomic E-state index is 12.0. The van der Waals surface area contributed by atoms with E-state index in [1.807, 2.05) is 30.5 Å². The Morgan fingerprint density at radius 1 is 1.32 bits per heavy atom. The lowest BCUT2D eigenvalue weighted by atomic mass is 10.0. The molecule has 1 aromatic rings. The van der Waals surface area contributed by atoms with Gasteiger partial charge in [-0.2, -0.15) is 0 Å². The summed E-state index contributed by atoms with van der Waals surface area (Å²) in [6.45, 7) is 6.77. The van der Waals surface area contributed by atoms with E-state index in [-0.39, 0.29) is 5.91 Å². The quantitative estimate of drug-likeness (QED) is 0.615. The molecule has 1 unspecified atom stereocenters. The van der Waals surface area contributed by atoms with Crippen LogP contribution in [0.2, 0.25) is 0 Å². The second-order valence-corrected chi connectivity index (χ2v) is 7.12. The van der Waals surface area contributed by atoms with Gasteiger partial charge in [0.1, 0.15) is 0 Å². The van der Waals surface area contributed by atoms with E-state index in [9.17, 15) is 4.79 Å². The maximum atomic E-state index is 12.0. The smallest absolute Gasteiger partial charge is 0.251 e. The zero-order chi connectivity index (χ0) is 15.8. The first-order chi connectivity index (χ1) is 10.7. The maximum Gasteiger partial charge on any atom is 0.251 e. The van der Waals surface area contributed by atoms with Gasteiger partial charge in [-0.1, -0.05) is 6.92 Å². The van der Waals surface area contributed by atoms with Gasteiger partial charge in [-0.3, -0.25) is 4.79 Å². The third-order valence-electron chi connectivity index (χ3n) is 4.28. The Bertz CT molecular complexity index is 461. The molecule has 0 aliphatic carbocycles. The van der Waals surface area contributed by atoms with Crippen LogP contribution in [0.15, 0.2) is 29.2 Å². The highest BCUT2D eigenvalue weighted by Crippen LogP contribution is 2.16. The first-order valence-corrected chi connectivity index (χ1v) is 9.56. The minimum absolute atomic E-state index is 0.0410. The summed E-state index contributed by atoms with van der Waals surface area (Å²) in [5.74, 6) is 0.886. The number of unbranched alkanes of at least 4 members (excludes halogenated alkanes) is 1. The van der Waals surface area contributed by atoms with E-state index in [1.54, 1.807) is 11.8 Å². The number of carbonyl (C=O) groups excluding carboxylic acids is 1. The Hall–Kier alpha value is -1.00. The molecule has 1 N–H and O–H groups in total. The molecular weight excluding hydrogens is 292 g/mol. The third kappa shape index (κ3) is 5.65. The van der Waals surface area contributed by atoms with E-state index in [0.29, 0.717) is 0 Å². The number of rotatable bonds is 7. The molecule has 1 aliphatic heterocycles. The minimum atomic E-state index is 0.0410. The van der Waals surface area contributed by atoms with Crippen LogP contribution in [0.5, 0.6) is 0 Å². The van der Waals surface area contributed by atoms with E-state index in [1.165, 1.54) is 43.8 Å². The van der Waals surface area contributed by atoms with Gasteiger partial charge in [0.25, 0.3) is 5.91 Å². The molecule has 1 fully saturated rings. The van der Waals surface area contributed by atoms with E-state index < -0.39 is 0 Å². The Morgan fingerprint density at radius 3 is 2.77 bits per heavy atom. The van der Waals surface area contributed by atoms with Gasteiger partial charge in [0, 0.05) is 23.5 Å². The second-order valence-electron chi connectivity index (χ2n) is 6.24. The van der Waals surface area contributed by atoms with E-state index >= 15 is 0 Å². The van der Waals surface area contributed by atoms with Crippen LogP contribution in [0.1, 0.15) is 43.0 Å². The predicted molar refractivity (Wildman–Crippen MR) is 94.6 cm³/mol. The second kappa shape index (κ2) is 9.21. The van der Waals surface area contributed by atoms with Crippen molar-refractivity contribution in [3.05, 3.63) is 29.8 Å². The number of hydrogen-bond donors (Lipinski definition) is 1. The van der Waals surface area contributed by atoms with Crippen LogP contribution in [0.25, 0.3) is 0 Å². The summed E-state index contributed by atoms with van der Waals surface area (Å²) in [7, 11) is 0. The van der Waals surface area contributed by atoms with Crippen LogP contribution in [0.4, 0.5) is 0 Å². The van der Waals surface area contributed by atoms with E-state index in [4.69, 9.17) is 0 Å². The number of amides is 1. The van der Waals surface area contributed by atoms with Crippen LogP contribution < -0.4 is 5.32 Å². The minimum Gasteiger partial charge on any atom is -0.352 e. The molecule has 4 heteroatoms. The van der Waals surface area contributed by atoms with Gasteiger partial charge in [-0.15, -0.1) is 11.8 Å². The number of piperidine rings is 1. The summed E-state index contributed by atoms with van der Waals surface area (Å²) in [6, 6.07) is 7.79. The predicted octanol–water partition coefficient (Wildman–Crippen LogP) is 3.65. The number of thioether (sulfide) groups is 1. The van der Waals surface area contributed by atoms with Crippen LogP contribution >= 0.6 is 11.8 Å². The average molecular weight is 321 g/mol. The van der Waals surface area contributed by atoms with Crippen LogP contribution in [0, 0.1) is 5.92 Å². The number of carbonyl (C=O) groups is 1. The van der Waals surface area contributed by atoms with Crippen molar-refractivity contribution in [3.8, 4) is 0 Å². The molecule has 0 spiro atoms. The summed E-state index contributed by atoms with van der Waals surface area (Å²) in [6.07, 6.45) is 6.97. The molecule has 3 nitrogen and oxygen atoms in total. The Labute approximate surface area is 138 Å². The highest BCUT2D eigenvalue weighted by atomic mass is 32.2. The van der Waals surface area contributed by atoms with Crippen molar-refractivity contribution in [1.82, 2.24) is 10.2 Å². The molecule has 0 bridgehead atoms. The van der Waals surface area contributed by atoms with Gasteiger partial charge in [0.05, 0.1) is 0 Å². The Morgan fingerprint density at radius 2 is 2.09 bits per heavy atom. The molecule has 1 heterocycles. The van der Waals surface area contributed by atoms with Crippen LogP contribution in [-0.2, 0) is 0 Å². The van der Waals surface area contributed by atoms with Gasteiger partial charge in [0.15, 0.2) is 0 Å². The first kappa shape index (κ1) is 17.4. The molecule has 0 saturated carbocycles. The lowest BCUT2D eigenvalue weighted by molar-refractivity contribution is 0.0952. The van der Waals surface area contributed by atoms with Crippen molar-refractivity contribution in [2.45, 2.75) is 37.5 Å². The molecule has 122 valence electrons. The van der Waals surface area contributed by atoms with Crippen molar-refractivity contribution >= 4 is 17.7 Å². The van der Waals surface area contributed by atoms with Gasteiger partial charge < -0.3 is 10.2 Å². The molecule has 1 atom stereocenters. The number of hydrogen-bond acceptors (Lipinski definition) is 3. The molecule has 22 heavy (non-hydrogen) atoms. The molecule has 2 rings (SSSR count). The summed E-state index contributed by atoms with van der Waals surface area (Å²) >= 11 is 1.69. The fraction of sp³-hybridized carbons (Fsp3) is 0.611. The zero-order valence-electron chi connectivity index (χ0n) is 13.8. The lowest BCUT2D eigenvalue weighted by Crippen LogP contribution is -2.35. The summed E-state index contributed by atoms with van der Waals surface area (Å²) < 4.78 is 0. The molecule has 1 saturated heterocycles. The standard InChI is InChI=1S/C18H28N2OS/c1-15-6-5-13-20(14-15)12-4-3-11-19-18(21)16-7-9-17(22-2)10-8-16/h7-10,15H,3-6,11-14H2,1-2H3,(H,19,21). The third-order valence-corrected chi connectivity index (χ3v) is 5.02. The number of benzene rings is 1. The van der Waals surface area contributed by atoms with E-state index in [0.717, 1.165) is 24.4 Å². The van der Waals surface area contributed by atoms with E-state index in [2.05, 4.69) is 17.1 Å². The first-order valence-electron chi connectivity index (χ1n) is 8.33. The van der Waals surface area contributed by atoms with Gasteiger partial charge >= 0.3 is 0 Å². The summed E-state index contributed by atoms with van der Waals surface area (Å²) in [5.41, 5.74) is 0.752. The number of nitrogens with zero attached hydrogens (tertiary/aromatic N) is 1. The van der Waals surface area contributed by atoms with Crippen molar-refractivity contribution in [3.63, 3.8) is 0 Å². The highest BCUT2D eigenvalue weighted by Gasteiger charge is 2.15. The van der Waals surface area contributed by atoms with Crippen LogP contribution in [0.3, 0.4) is 0 Å². The topological polar surface area (TPSA) is 32.3 Å². The molecule has 1 aliphatic rings. The van der Waals surface area contributed by atoms with Crippen molar-refractivity contribution in [1.29, 1.82) is 0 Å². The highest BCUT2D eigenvalue weighted by molar-refractivity contribution is 7.98. The van der Waals surface area contributed by atoms with Crippen molar-refractivity contribution in [2.24, 2.45) is 5.92 Å². The van der Waals surface area contributed by atoms with Gasteiger partial charge in [-0.05, 0) is 75.2 Å². The largest absolute Gasteiger partial charge is 0.352 e. The molecule has 1 aromatic carbocycles. The molecule has 0 aromatic heterocycles. The fourth-order valence-corrected chi connectivity index (χ4v) is 3.40. The molecule has 0 radical (unpaired) electrons. The fourth-order valence-electron chi connectivity index (χ4n) is 3.00. The van der Waals surface area contributed by atoms with Gasteiger partial charge in [0.2, 0.25) is 0 Å². The SMILES string of the molecule is CSc1ccc(C(=O)NCCCCN2CCCC(C)C2)cc1. The van der Waals surface area contributed by atoms with Gasteiger partial charge in [-0.25, -0.2) is 0 Å². The normalized spacial score (nSPS) is 19.1. The Kier molecular flexibility index (Phi) is 7.26. The molecular formula is C18H28N2OS. The van der Waals surface area contributed by atoms with Crippen molar-refractivity contribution in [2.75, 3.05) is 32.4 Å². The van der Waals surface area contributed by atoms with Crippen LogP contribution in [-0.4, -0.2) is 43.2 Å².